The molecule has 29 heavy (non-hydrogen) atoms. The fourth-order valence-corrected chi connectivity index (χ4v) is 3.11. The summed E-state index contributed by atoms with van der Waals surface area (Å²) in [5.74, 6) is 1.05. The highest BCUT2D eigenvalue weighted by molar-refractivity contribution is 6.48. The summed E-state index contributed by atoms with van der Waals surface area (Å²) in [6.45, 7) is 9.08. The molecule has 154 valence electrons. The van der Waals surface area contributed by atoms with Crippen LogP contribution in [0.5, 0.6) is 0 Å². The molecule has 9 nitrogen and oxygen atoms in total. The van der Waals surface area contributed by atoms with E-state index in [0.717, 1.165) is 24.5 Å². The van der Waals surface area contributed by atoms with Crippen LogP contribution in [0.2, 0.25) is 0 Å². The number of hydrogen-bond acceptors (Lipinski definition) is 8. The summed E-state index contributed by atoms with van der Waals surface area (Å²) >= 11 is 0. The Morgan fingerprint density at radius 3 is 2.59 bits per heavy atom. The highest BCUT2D eigenvalue weighted by Crippen LogP contribution is 2.22. The Morgan fingerprint density at radius 2 is 1.93 bits per heavy atom. The normalized spacial score (nSPS) is 14.1. The van der Waals surface area contributed by atoms with Gasteiger partial charge in [-0.15, -0.1) is 10.2 Å². The monoisotopic (exact) mass is 397 g/mol. The molecule has 1 aliphatic rings. The lowest BCUT2D eigenvalue weighted by Gasteiger charge is -2.20. The van der Waals surface area contributed by atoms with Crippen molar-refractivity contribution in [2.24, 2.45) is 10.1 Å². The maximum atomic E-state index is 11.2. The molecule has 2 aromatic rings. The number of nitrogens with one attached hydrogen (secondary N) is 1. The minimum absolute atomic E-state index is 0.251. The van der Waals surface area contributed by atoms with Gasteiger partial charge in [-0.1, -0.05) is 0 Å². The molecule has 0 saturated carbocycles. The molecule has 0 amide bonds. The minimum Gasteiger partial charge on any atom is -0.469 e. The highest BCUT2D eigenvalue weighted by Gasteiger charge is 2.25. The van der Waals surface area contributed by atoms with Gasteiger partial charge in [-0.2, -0.15) is 9.78 Å². The first-order valence-corrected chi connectivity index (χ1v) is 9.79. The van der Waals surface area contributed by atoms with Gasteiger partial charge >= 0.3 is 5.97 Å². The third-order valence-corrected chi connectivity index (χ3v) is 4.75. The number of carbonyl (C=O) groups excluding carboxylic acids is 1. The second-order valence-corrected chi connectivity index (χ2v) is 6.59. The Bertz CT molecular complexity index is 911. The summed E-state index contributed by atoms with van der Waals surface area (Å²) in [5, 5.41) is 16.1. The summed E-state index contributed by atoms with van der Waals surface area (Å²) in [6.07, 6.45) is 0.302. The van der Waals surface area contributed by atoms with Crippen molar-refractivity contribution < 1.29 is 9.53 Å². The van der Waals surface area contributed by atoms with E-state index in [4.69, 9.17) is 4.99 Å². The molecule has 0 aliphatic carbocycles. The lowest BCUT2D eigenvalue weighted by molar-refractivity contribution is -0.140. The van der Waals surface area contributed by atoms with Crippen molar-refractivity contribution in [3.8, 4) is 0 Å². The van der Waals surface area contributed by atoms with Gasteiger partial charge in [-0.25, -0.2) is 4.99 Å². The van der Waals surface area contributed by atoms with Crippen molar-refractivity contribution >= 4 is 28.8 Å². The van der Waals surface area contributed by atoms with Gasteiger partial charge in [-0.05, 0) is 45.0 Å². The number of aliphatic imine (C=N–C) groups is 1. The second-order valence-electron chi connectivity index (χ2n) is 6.59. The maximum Gasteiger partial charge on any atom is 0.306 e. The fraction of sp³-hybridized carbons (Fsp3) is 0.450. The van der Waals surface area contributed by atoms with Gasteiger partial charge in [0.15, 0.2) is 5.82 Å². The Morgan fingerprint density at radius 1 is 1.21 bits per heavy atom. The molecule has 0 unspecified atom stereocenters. The van der Waals surface area contributed by atoms with Crippen LogP contribution in [0, 0.1) is 0 Å². The summed E-state index contributed by atoms with van der Waals surface area (Å²) in [5.41, 5.74) is 3.53. The van der Waals surface area contributed by atoms with Crippen LogP contribution in [0.3, 0.4) is 0 Å². The third-order valence-electron chi connectivity index (χ3n) is 4.75. The SMILES string of the molecule is CCN(CC)c1ccc(N=C2C(C)=Nn3c(CNCCC(=O)OC)nnc32)cc1. The van der Waals surface area contributed by atoms with Gasteiger partial charge in [-0.3, -0.25) is 4.79 Å². The molecule has 3 rings (SSSR count). The number of fused-ring (bicyclic) bond motifs is 1. The van der Waals surface area contributed by atoms with E-state index in [1.807, 2.05) is 19.1 Å². The molecule has 0 spiro atoms. The zero-order valence-corrected chi connectivity index (χ0v) is 17.3. The zero-order valence-electron chi connectivity index (χ0n) is 17.3. The van der Waals surface area contributed by atoms with Crippen LogP contribution in [0.4, 0.5) is 11.4 Å². The van der Waals surface area contributed by atoms with E-state index >= 15 is 0 Å². The fourth-order valence-electron chi connectivity index (χ4n) is 3.11. The highest BCUT2D eigenvalue weighted by atomic mass is 16.5. The minimum atomic E-state index is -0.251. The quantitative estimate of drug-likeness (QED) is 0.514. The number of carbonyl (C=O) groups is 1. The first-order valence-electron chi connectivity index (χ1n) is 9.79. The molecule has 1 aliphatic heterocycles. The Labute approximate surface area is 170 Å². The summed E-state index contributed by atoms with van der Waals surface area (Å²) in [7, 11) is 1.38. The molecule has 0 fully saturated rings. The molecule has 1 aromatic carbocycles. The van der Waals surface area contributed by atoms with Crippen molar-refractivity contribution in [1.29, 1.82) is 0 Å². The van der Waals surface area contributed by atoms with Crippen molar-refractivity contribution in [2.45, 2.75) is 33.7 Å². The molecule has 9 heteroatoms. The van der Waals surface area contributed by atoms with E-state index in [0.29, 0.717) is 36.9 Å². The van der Waals surface area contributed by atoms with Gasteiger partial charge < -0.3 is 15.0 Å². The largest absolute Gasteiger partial charge is 0.469 e. The number of esters is 1. The van der Waals surface area contributed by atoms with E-state index in [-0.39, 0.29) is 5.97 Å². The standard InChI is InChI=1S/C20H27N7O2/c1-5-26(6-2)16-9-7-15(8-10-16)22-19-14(3)25-27-17(23-24-20(19)27)13-21-12-11-18(28)29-4/h7-10,21H,5-6,11-13H2,1-4H3. The smallest absolute Gasteiger partial charge is 0.306 e. The average molecular weight is 397 g/mol. The van der Waals surface area contributed by atoms with Crippen molar-refractivity contribution in [1.82, 2.24) is 20.2 Å². The van der Waals surface area contributed by atoms with Crippen LogP contribution in [0.25, 0.3) is 0 Å². The average Bonchev–Trinajstić information content (AvgIpc) is 3.26. The van der Waals surface area contributed by atoms with Gasteiger partial charge in [0, 0.05) is 25.3 Å². The third kappa shape index (κ3) is 4.68. The van der Waals surface area contributed by atoms with E-state index in [2.05, 4.69) is 56.2 Å². The van der Waals surface area contributed by atoms with E-state index < -0.39 is 0 Å². The number of hydrogen-bond donors (Lipinski definition) is 1. The number of ether oxygens (including phenoxy) is 1. The lowest BCUT2D eigenvalue weighted by Crippen LogP contribution is -2.21. The van der Waals surface area contributed by atoms with Crippen LogP contribution in [0.1, 0.15) is 38.8 Å². The van der Waals surface area contributed by atoms with Gasteiger partial charge in [0.1, 0.15) is 5.71 Å². The molecule has 2 heterocycles. The van der Waals surface area contributed by atoms with E-state index in [1.54, 1.807) is 4.68 Å². The Hall–Kier alpha value is -3.07. The topological polar surface area (TPSA) is 97.0 Å². The molecule has 1 aromatic heterocycles. The number of anilines is 1. The molecular formula is C20H27N7O2. The molecule has 0 saturated heterocycles. The molecular weight excluding hydrogens is 370 g/mol. The number of benzene rings is 1. The number of aromatic nitrogens is 3. The predicted molar refractivity (Wildman–Crippen MR) is 113 cm³/mol. The predicted octanol–water partition coefficient (Wildman–Crippen LogP) is 2.14. The van der Waals surface area contributed by atoms with Crippen LogP contribution >= 0.6 is 0 Å². The molecule has 1 N–H and O–H groups in total. The molecule has 0 radical (unpaired) electrons. The van der Waals surface area contributed by atoms with Crippen LogP contribution in [0.15, 0.2) is 34.4 Å². The van der Waals surface area contributed by atoms with Crippen LogP contribution in [-0.4, -0.2) is 59.0 Å². The van der Waals surface area contributed by atoms with Crippen LogP contribution in [-0.2, 0) is 16.1 Å². The Balaban J connectivity index is 1.72. The summed E-state index contributed by atoms with van der Waals surface area (Å²) in [6, 6.07) is 8.16. The second kappa shape index (κ2) is 9.42. The Kier molecular flexibility index (Phi) is 6.71. The maximum absolute atomic E-state index is 11.2. The van der Waals surface area contributed by atoms with Crippen LogP contribution < -0.4 is 10.2 Å². The van der Waals surface area contributed by atoms with Gasteiger partial charge in [0.25, 0.3) is 0 Å². The first kappa shape index (κ1) is 20.7. The van der Waals surface area contributed by atoms with Gasteiger partial charge in [0.2, 0.25) is 5.82 Å². The van der Waals surface area contributed by atoms with E-state index in [1.165, 1.54) is 12.8 Å². The number of nitrogens with zero attached hydrogens (tertiary/aromatic N) is 6. The molecule has 0 atom stereocenters. The summed E-state index contributed by atoms with van der Waals surface area (Å²) < 4.78 is 6.32. The van der Waals surface area contributed by atoms with Crippen molar-refractivity contribution in [3.63, 3.8) is 0 Å². The van der Waals surface area contributed by atoms with E-state index in [9.17, 15) is 4.79 Å². The first-order chi connectivity index (χ1) is 14.1. The number of methoxy groups -OCH3 is 1. The van der Waals surface area contributed by atoms with Crippen molar-refractivity contribution in [2.75, 3.05) is 31.6 Å². The van der Waals surface area contributed by atoms with Gasteiger partial charge in [0.05, 0.1) is 31.5 Å². The summed E-state index contributed by atoms with van der Waals surface area (Å²) in [4.78, 5) is 18.2. The zero-order chi connectivity index (χ0) is 20.8. The lowest BCUT2D eigenvalue weighted by atomic mass is 10.2. The molecule has 0 bridgehead atoms. The number of rotatable bonds is 9. The van der Waals surface area contributed by atoms with Crippen molar-refractivity contribution in [3.05, 3.63) is 35.9 Å².